The molecule has 1 aromatic heterocycles. The quantitative estimate of drug-likeness (QED) is 0.0599. The lowest BCUT2D eigenvalue weighted by Crippen LogP contribution is -2.31. The van der Waals surface area contributed by atoms with Crippen molar-refractivity contribution < 1.29 is 0 Å². The van der Waals surface area contributed by atoms with Gasteiger partial charge < -0.3 is 16.5 Å². The number of anilines is 1. The molecule has 0 aliphatic rings. The fraction of sp³-hybridized carbons (Fsp3) is 0.562. The molecule has 0 bridgehead atoms. The van der Waals surface area contributed by atoms with Crippen molar-refractivity contribution in [3.05, 3.63) is 70.5 Å². The molecule has 1 unspecified atom stereocenters. The summed E-state index contributed by atoms with van der Waals surface area (Å²) in [5, 5.41) is 8.94. The monoisotopic (exact) mass is 558 g/mol. The summed E-state index contributed by atoms with van der Waals surface area (Å²) in [5.41, 5.74) is 23.0. The third-order valence-electron chi connectivity index (χ3n) is 5.57. The van der Waals surface area contributed by atoms with Crippen LogP contribution < -0.4 is 11.1 Å². The third-order valence-corrected chi connectivity index (χ3v) is 6.61. The van der Waals surface area contributed by atoms with Crippen LogP contribution in [0.3, 0.4) is 0 Å². The van der Waals surface area contributed by atoms with Crippen molar-refractivity contribution in [3.63, 3.8) is 0 Å². The molecule has 39 heavy (non-hydrogen) atoms. The van der Waals surface area contributed by atoms with Crippen molar-refractivity contribution in [2.45, 2.75) is 100.0 Å². The maximum atomic E-state index is 5.94. The maximum Gasteiger partial charge on any atom is 0.126 e. The summed E-state index contributed by atoms with van der Waals surface area (Å²) in [6.45, 7) is 20.3. The molecule has 0 aliphatic heterocycles. The molecular weight excluding hydrogens is 500 g/mol. The van der Waals surface area contributed by atoms with Gasteiger partial charge in [-0.15, -0.1) is 0 Å². The highest BCUT2D eigenvalue weighted by molar-refractivity contribution is 7.99. The summed E-state index contributed by atoms with van der Waals surface area (Å²) in [4.78, 5) is 4.42. The summed E-state index contributed by atoms with van der Waals surface area (Å²) in [6.07, 6.45) is 18.3. The Kier molecular flexibility index (Phi) is 31.6. The van der Waals surface area contributed by atoms with E-state index in [1.807, 2.05) is 44.8 Å². The first kappa shape index (κ1) is 41.0. The van der Waals surface area contributed by atoms with Gasteiger partial charge in [-0.05, 0) is 98.4 Å². The van der Waals surface area contributed by atoms with E-state index < -0.39 is 0 Å². The molecule has 6 nitrogen and oxygen atoms in total. The highest BCUT2D eigenvalue weighted by Gasteiger charge is 2.06. The minimum absolute atomic E-state index is 0.245. The number of nitrogens with two attached hydrogens (primary N) is 1. The molecule has 222 valence electrons. The van der Waals surface area contributed by atoms with Crippen LogP contribution in [0.2, 0.25) is 0 Å². The summed E-state index contributed by atoms with van der Waals surface area (Å²) in [5.74, 6) is 2.92. The van der Waals surface area contributed by atoms with Crippen LogP contribution in [-0.2, 0) is 0 Å². The van der Waals surface area contributed by atoms with Crippen molar-refractivity contribution in [1.29, 1.82) is 16.5 Å². The number of hydrogen-bond donors (Lipinski definition) is 5. The number of nitrogens with zero attached hydrogens (tertiary/aromatic N) is 1. The van der Waals surface area contributed by atoms with Gasteiger partial charge in [-0.25, -0.2) is 16.0 Å². The molecule has 0 aromatic carbocycles. The maximum absolute atomic E-state index is 5.94. The lowest BCUT2D eigenvalue weighted by atomic mass is 10.0. The number of aromatic nitrogens is 1. The molecule has 1 atom stereocenters. The first-order valence-corrected chi connectivity index (χ1v) is 15.1. The predicted octanol–water partition coefficient (Wildman–Crippen LogP) is 9.90. The van der Waals surface area contributed by atoms with Crippen LogP contribution >= 0.6 is 11.8 Å². The molecule has 7 heteroatoms. The standard InChI is InChI=1S/C29H47N3S.C2H6.CH3N.H2N2/c1-23(2)10-7-11-24(3)12-8-13-25(4)14-9-15-26(5)18-19-33-22-28(20-30)32-29-17-16-27(6)21-31-29;3*1-2/h10,12,14,16-18,21,28H,7-9,11,13,15,19-20,22,30H2,1-6H3,(H,31,32);1-2H3;2H,1H2;1-2H/b24-12+,25-14+,26-18+;;;. The number of aryl methyl sites for hydroxylation is 1. The fourth-order valence-electron chi connectivity index (χ4n) is 3.33. The van der Waals surface area contributed by atoms with Gasteiger partial charge in [0.05, 0.1) is 0 Å². The van der Waals surface area contributed by atoms with Gasteiger partial charge in [-0.2, -0.15) is 11.8 Å². The second-order valence-corrected chi connectivity index (χ2v) is 10.5. The van der Waals surface area contributed by atoms with Crippen LogP contribution in [0.1, 0.15) is 92.6 Å². The van der Waals surface area contributed by atoms with E-state index in [2.05, 4.69) is 82.0 Å². The van der Waals surface area contributed by atoms with Crippen LogP contribution in [-0.4, -0.2) is 35.8 Å². The minimum Gasteiger partial charge on any atom is -0.365 e. The van der Waals surface area contributed by atoms with Crippen molar-refractivity contribution in [1.82, 2.24) is 4.98 Å². The Labute approximate surface area is 244 Å². The topological polar surface area (TPSA) is 122 Å². The Balaban J connectivity index is -0.00000201. The van der Waals surface area contributed by atoms with E-state index >= 15 is 0 Å². The van der Waals surface area contributed by atoms with Crippen LogP contribution in [0.4, 0.5) is 5.82 Å². The average Bonchev–Trinajstić information content (AvgIpc) is 2.94. The first-order chi connectivity index (χ1) is 18.8. The van der Waals surface area contributed by atoms with Crippen LogP contribution in [0.15, 0.2) is 64.9 Å². The summed E-state index contributed by atoms with van der Waals surface area (Å²) < 4.78 is 0. The molecule has 0 aliphatic carbocycles. The lowest BCUT2D eigenvalue weighted by molar-refractivity contribution is 0.808. The summed E-state index contributed by atoms with van der Waals surface area (Å²) in [7, 11) is 0. The lowest BCUT2D eigenvalue weighted by Gasteiger charge is -2.16. The zero-order valence-corrected chi connectivity index (χ0v) is 26.9. The Bertz CT molecular complexity index is 822. The van der Waals surface area contributed by atoms with E-state index in [9.17, 15) is 0 Å². The molecule has 1 aromatic rings. The molecule has 0 fully saturated rings. The number of rotatable bonds is 16. The average molecular weight is 559 g/mol. The number of thioether (sulfide) groups is 1. The molecular formula is C32H58N6S. The fourth-order valence-corrected chi connectivity index (χ4v) is 4.37. The van der Waals surface area contributed by atoms with Gasteiger partial charge in [0, 0.05) is 30.3 Å². The number of pyridine rings is 1. The highest BCUT2D eigenvalue weighted by Crippen LogP contribution is 2.15. The summed E-state index contributed by atoms with van der Waals surface area (Å²) >= 11 is 1.93. The second-order valence-electron chi connectivity index (χ2n) is 9.38. The normalized spacial score (nSPS) is 12.0. The largest absolute Gasteiger partial charge is 0.365 e. The van der Waals surface area contributed by atoms with Gasteiger partial charge in [-0.3, -0.25) is 0 Å². The van der Waals surface area contributed by atoms with E-state index in [1.54, 1.807) is 0 Å². The van der Waals surface area contributed by atoms with Crippen molar-refractivity contribution in [3.8, 4) is 0 Å². The Morgan fingerprint density at radius 1 is 0.897 bits per heavy atom. The number of allylic oxidation sites excluding steroid dienone is 7. The zero-order chi connectivity index (χ0) is 30.5. The molecule has 6 N–H and O–H groups in total. The third kappa shape index (κ3) is 26.9. The SMILES string of the molecule is C=N.CC.CC(C)=CCC/C(C)=C/CC/C(C)=C/CC/C(C)=C/CSCC(CN)Nc1ccc(C)cn1.N=N. The molecule has 1 heterocycles. The Morgan fingerprint density at radius 3 is 1.82 bits per heavy atom. The van der Waals surface area contributed by atoms with E-state index in [4.69, 9.17) is 22.2 Å². The molecule has 1 rings (SSSR count). The molecule has 0 saturated carbocycles. The smallest absolute Gasteiger partial charge is 0.126 e. The van der Waals surface area contributed by atoms with Gasteiger partial charge in [0.2, 0.25) is 0 Å². The Morgan fingerprint density at radius 2 is 1.38 bits per heavy atom. The van der Waals surface area contributed by atoms with Crippen LogP contribution in [0.25, 0.3) is 0 Å². The van der Waals surface area contributed by atoms with Gasteiger partial charge in [0.15, 0.2) is 0 Å². The number of hydrogen-bond acceptors (Lipinski definition) is 7. The van der Waals surface area contributed by atoms with Gasteiger partial charge in [-0.1, -0.05) is 66.5 Å². The van der Waals surface area contributed by atoms with Crippen LogP contribution in [0, 0.1) is 23.4 Å². The number of nitrogens with one attached hydrogen (secondary N) is 4. The minimum atomic E-state index is 0.245. The highest BCUT2D eigenvalue weighted by atomic mass is 32.2. The second kappa shape index (κ2) is 30.0. The van der Waals surface area contributed by atoms with Crippen molar-refractivity contribution >= 4 is 24.3 Å². The molecule has 0 radical (unpaired) electrons. The molecule has 0 spiro atoms. The van der Waals surface area contributed by atoms with Gasteiger partial charge >= 0.3 is 0 Å². The van der Waals surface area contributed by atoms with E-state index in [-0.39, 0.29) is 6.04 Å². The predicted molar refractivity (Wildman–Crippen MR) is 178 cm³/mol. The zero-order valence-electron chi connectivity index (χ0n) is 26.1. The first-order valence-electron chi connectivity index (χ1n) is 14.0. The summed E-state index contributed by atoms with van der Waals surface area (Å²) in [6, 6.07) is 4.34. The molecule has 0 saturated heterocycles. The van der Waals surface area contributed by atoms with Gasteiger partial charge in [0.1, 0.15) is 5.82 Å². The Hall–Kier alpha value is -2.51. The van der Waals surface area contributed by atoms with E-state index in [0.29, 0.717) is 6.54 Å². The van der Waals surface area contributed by atoms with Crippen molar-refractivity contribution in [2.24, 2.45) is 5.73 Å². The van der Waals surface area contributed by atoms with Crippen molar-refractivity contribution in [2.75, 3.05) is 23.4 Å². The molecule has 0 amide bonds. The van der Waals surface area contributed by atoms with Gasteiger partial charge in [0.25, 0.3) is 0 Å². The van der Waals surface area contributed by atoms with E-state index in [0.717, 1.165) is 43.0 Å². The van der Waals surface area contributed by atoms with Crippen LogP contribution in [0.5, 0.6) is 0 Å². The van der Waals surface area contributed by atoms with E-state index in [1.165, 1.54) is 40.7 Å².